The summed E-state index contributed by atoms with van der Waals surface area (Å²) in [5.74, 6) is 2.93. The zero-order valence-electron chi connectivity index (χ0n) is 16.8. The topological polar surface area (TPSA) is 32.8 Å². The van der Waals surface area contributed by atoms with Gasteiger partial charge < -0.3 is 9.64 Å². The van der Waals surface area contributed by atoms with Gasteiger partial charge in [0.15, 0.2) is 0 Å². The highest BCUT2D eigenvalue weighted by Crippen LogP contribution is 2.28. The number of hydrogen-bond donors (Lipinski definition) is 0. The molecular weight excluding hydrogens is 391 g/mol. The first-order valence-corrected chi connectivity index (χ1v) is 10.3. The van der Waals surface area contributed by atoms with Crippen molar-refractivity contribution in [1.82, 2.24) is 9.80 Å². The largest absolute Gasteiger partial charge is 0.478 e. The summed E-state index contributed by atoms with van der Waals surface area (Å²) in [7, 11) is 0. The molecule has 29 heavy (non-hydrogen) atoms. The second-order valence-electron chi connectivity index (χ2n) is 7.41. The SMILES string of the molecule is CCC(C)C1C(=C=O)N(Cc2ccc(F)cc2)CCN1COc1ccc(Cl)cc1. The van der Waals surface area contributed by atoms with E-state index >= 15 is 0 Å². The van der Waals surface area contributed by atoms with E-state index in [-0.39, 0.29) is 17.8 Å². The molecule has 0 N–H and O–H groups in total. The van der Waals surface area contributed by atoms with E-state index in [4.69, 9.17) is 16.3 Å². The quantitative estimate of drug-likeness (QED) is 0.609. The third kappa shape index (κ3) is 5.39. The Bertz CT molecular complexity index is 850. The summed E-state index contributed by atoms with van der Waals surface area (Å²) in [6.45, 7) is 6.63. The van der Waals surface area contributed by atoms with Gasteiger partial charge in [0.25, 0.3) is 0 Å². The molecule has 0 amide bonds. The molecule has 3 rings (SSSR count). The maximum atomic E-state index is 13.2. The molecule has 2 aromatic rings. The summed E-state index contributed by atoms with van der Waals surface area (Å²) in [5, 5.41) is 0.662. The van der Waals surface area contributed by atoms with Gasteiger partial charge in [0.2, 0.25) is 0 Å². The molecule has 2 atom stereocenters. The van der Waals surface area contributed by atoms with Crippen LogP contribution < -0.4 is 4.74 Å². The van der Waals surface area contributed by atoms with Gasteiger partial charge in [-0.25, -0.2) is 9.18 Å². The van der Waals surface area contributed by atoms with Gasteiger partial charge in [-0.3, -0.25) is 4.90 Å². The smallest absolute Gasteiger partial charge is 0.147 e. The van der Waals surface area contributed by atoms with E-state index in [1.54, 1.807) is 24.3 Å². The standard InChI is InChI=1S/C23H26ClFN2O2/c1-3-17(2)23-22(15-28)26(14-18-4-8-20(25)9-5-18)12-13-27(23)16-29-21-10-6-19(24)7-11-21/h4-11,17,23H,3,12-14,16H2,1-2H3. The van der Waals surface area contributed by atoms with E-state index < -0.39 is 0 Å². The van der Waals surface area contributed by atoms with Crippen molar-refractivity contribution in [2.75, 3.05) is 19.8 Å². The van der Waals surface area contributed by atoms with Crippen molar-refractivity contribution in [2.45, 2.75) is 32.9 Å². The Morgan fingerprint density at radius 2 is 1.86 bits per heavy atom. The van der Waals surface area contributed by atoms with Crippen LogP contribution in [-0.2, 0) is 11.3 Å². The Morgan fingerprint density at radius 3 is 2.48 bits per heavy atom. The minimum absolute atomic E-state index is 0.0843. The molecule has 1 aliphatic heterocycles. The monoisotopic (exact) mass is 416 g/mol. The second kappa shape index (κ2) is 9.93. The molecule has 1 saturated heterocycles. The Hall–Kier alpha value is -2.33. The van der Waals surface area contributed by atoms with Crippen LogP contribution in [0.25, 0.3) is 0 Å². The first-order chi connectivity index (χ1) is 14.0. The molecule has 4 nitrogen and oxygen atoms in total. The van der Waals surface area contributed by atoms with Crippen molar-refractivity contribution in [3.8, 4) is 5.75 Å². The molecule has 0 bridgehead atoms. The fraction of sp³-hybridized carbons (Fsp3) is 0.391. The molecule has 0 saturated carbocycles. The average molecular weight is 417 g/mol. The molecular formula is C23H26ClFN2O2. The highest BCUT2D eigenvalue weighted by Gasteiger charge is 2.36. The van der Waals surface area contributed by atoms with Gasteiger partial charge in [-0.15, -0.1) is 0 Å². The molecule has 0 spiro atoms. The van der Waals surface area contributed by atoms with Gasteiger partial charge in [0, 0.05) is 24.7 Å². The van der Waals surface area contributed by atoms with Crippen LogP contribution in [0.1, 0.15) is 25.8 Å². The molecule has 0 aromatic heterocycles. The maximum absolute atomic E-state index is 13.2. The van der Waals surface area contributed by atoms with E-state index in [1.165, 1.54) is 12.1 Å². The van der Waals surface area contributed by atoms with Crippen LogP contribution >= 0.6 is 11.6 Å². The molecule has 2 unspecified atom stereocenters. The first-order valence-electron chi connectivity index (χ1n) is 9.88. The number of nitrogens with zero attached hydrogens (tertiary/aromatic N) is 2. The van der Waals surface area contributed by atoms with Crippen LogP contribution in [0.2, 0.25) is 5.02 Å². The molecule has 154 valence electrons. The number of ether oxygens (including phenoxy) is 1. The number of halogens is 2. The number of piperazine rings is 1. The van der Waals surface area contributed by atoms with Crippen molar-refractivity contribution in [1.29, 1.82) is 0 Å². The average Bonchev–Trinajstić information content (AvgIpc) is 2.74. The highest BCUT2D eigenvalue weighted by molar-refractivity contribution is 6.30. The predicted octanol–water partition coefficient (Wildman–Crippen LogP) is 4.76. The summed E-state index contributed by atoms with van der Waals surface area (Å²) in [6.07, 6.45) is 0.928. The molecule has 1 heterocycles. The number of hydrogen-bond acceptors (Lipinski definition) is 4. The molecule has 0 aliphatic carbocycles. The Kier molecular flexibility index (Phi) is 7.32. The van der Waals surface area contributed by atoms with Gasteiger partial charge in [-0.1, -0.05) is 44.0 Å². The van der Waals surface area contributed by atoms with Crippen LogP contribution in [0, 0.1) is 11.7 Å². The number of benzene rings is 2. The molecule has 2 aromatic carbocycles. The zero-order valence-corrected chi connectivity index (χ0v) is 17.5. The van der Waals surface area contributed by atoms with Gasteiger partial charge in [-0.2, -0.15) is 0 Å². The molecule has 1 aliphatic rings. The van der Waals surface area contributed by atoms with E-state index in [2.05, 4.69) is 29.6 Å². The van der Waals surface area contributed by atoms with Crippen LogP contribution in [0.4, 0.5) is 4.39 Å². The van der Waals surface area contributed by atoms with Crippen molar-refractivity contribution >= 4 is 17.5 Å². The highest BCUT2D eigenvalue weighted by atomic mass is 35.5. The molecule has 1 fully saturated rings. The maximum Gasteiger partial charge on any atom is 0.147 e. The van der Waals surface area contributed by atoms with Crippen molar-refractivity contribution in [3.63, 3.8) is 0 Å². The van der Waals surface area contributed by atoms with Gasteiger partial charge in [0.05, 0.1) is 6.04 Å². The summed E-state index contributed by atoms with van der Waals surface area (Å²) in [4.78, 5) is 16.2. The van der Waals surface area contributed by atoms with Gasteiger partial charge in [-0.05, 0) is 47.9 Å². The minimum Gasteiger partial charge on any atom is -0.478 e. The summed E-state index contributed by atoms with van der Waals surface area (Å²) >= 11 is 5.93. The second-order valence-corrected chi connectivity index (χ2v) is 7.84. The van der Waals surface area contributed by atoms with Crippen molar-refractivity contribution in [2.24, 2.45) is 5.92 Å². The van der Waals surface area contributed by atoms with E-state index in [0.717, 1.165) is 24.3 Å². The lowest BCUT2D eigenvalue weighted by Gasteiger charge is -2.44. The normalized spacial score (nSPS) is 18.4. The number of carbonyl (C=O) groups excluding carboxylic acids is 1. The van der Waals surface area contributed by atoms with E-state index in [9.17, 15) is 9.18 Å². The van der Waals surface area contributed by atoms with Crippen molar-refractivity contribution < 1.29 is 13.9 Å². The fourth-order valence-corrected chi connectivity index (χ4v) is 3.78. The predicted molar refractivity (Wildman–Crippen MR) is 113 cm³/mol. The third-order valence-electron chi connectivity index (χ3n) is 5.46. The Balaban J connectivity index is 1.74. The van der Waals surface area contributed by atoms with Gasteiger partial charge >= 0.3 is 0 Å². The lowest BCUT2D eigenvalue weighted by molar-refractivity contribution is 0.0260. The molecule has 6 heteroatoms. The van der Waals surface area contributed by atoms with Crippen LogP contribution in [0.5, 0.6) is 5.75 Å². The lowest BCUT2D eigenvalue weighted by atomic mass is 9.92. The van der Waals surface area contributed by atoms with Gasteiger partial charge in [0.1, 0.15) is 29.9 Å². The fourth-order valence-electron chi connectivity index (χ4n) is 3.65. The van der Waals surface area contributed by atoms with E-state index in [0.29, 0.717) is 30.5 Å². The molecule has 0 radical (unpaired) electrons. The lowest BCUT2D eigenvalue weighted by Crippen LogP contribution is -2.54. The van der Waals surface area contributed by atoms with Crippen molar-refractivity contribution in [3.05, 3.63) is 70.6 Å². The Labute approximate surface area is 176 Å². The summed E-state index contributed by atoms with van der Waals surface area (Å²) in [6, 6.07) is 13.6. The van der Waals surface area contributed by atoms with Crippen LogP contribution in [-0.4, -0.2) is 41.6 Å². The Morgan fingerprint density at radius 1 is 1.17 bits per heavy atom. The summed E-state index contributed by atoms with van der Waals surface area (Å²) in [5.41, 5.74) is 1.60. The third-order valence-corrected chi connectivity index (χ3v) is 5.71. The van der Waals surface area contributed by atoms with Crippen LogP contribution in [0.3, 0.4) is 0 Å². The first kappa shape index (κ1) is 21.4. The zero-order chi connectivity index (χ0) is 20.8. The summed E-state index contributed by atoms with van der Waals surface area (Å²) < 4.78 is 19.2. The van der Waals surface area contributed by atoms with Crippen LogP contribution in [0.15, 0.2) is 54.2 Å². The minimum atomic E-state index is -0.262. The van der Waals surface area contributed by atoms with E-state index in [1.807, 2.05) is 12.1 Å². The number of rotatable bonds is 7.